The van der Waals surface area contributed by atoms with E-state index in [1.165, 1.54) is 12.1 Å². The summed E-state index contributed by atoms with van der Waals surface area (Å²) in [4.78, 5) is 34.2. The summed E-state index contributed by atoms with van der Waals surface area (Å²) in [6.45, 7) is 1.52. The first-order valence-corrected chi connectivity index (χ1v) is 9.09. The molecule has 0 aliphatic heterocycles. The highest BCUT2D eigenvalue weighted by Gasteiger charge is 2.17. The lowest BCUT2D eigenvalue weighted by molar-refractivity contribution is -0.385. The molecule has 2 rings (SSSR count). The fourth-order valence-electron chi connectivity index (χ4n) is 2.05. The van der Waals surface area contributed by atoms with Crippen molar-refractivity contribution in [2.45, 2.75) is 13.3 Å². The maximum atomic E-state index is 12.0. The molecule has 0 heterocycles. The SMILES string of the molecule is CCc1ccc(C(=O)OCC(=O)Nc2c(Br)cc([N+](=O)[O-])cc2Br)cc1. The number of nitrogens with one attached hydrogen (secondary N) is 1. The summed E-state index contributed by atoms with van der Waals surface area (Å²) in [7, 11) is 0. The molecule has 0 saturated heterocycles. The number of amides is 1. The number of benzene rings is 2. The molecule has 136 valence electrons. The summed E-state index contributed by atoms with van der Waals surface area (Å²) in [6, 6.07) is 9.46. The van der Waals surface area contributed by atoms with Gasteiger partial charge in [0.05, 0.1) is 16.2 Å². The number of esters is 1. The molecule has 26 heavy (non-hydrogen) atoms. The molecule has 0 aliphatic carbocycles. The number of ether oxygens (including phenoxy) is 1. The van der Waals surface area contributed by atoms with Gasteiger partial charge in [-0.2, -0.15) is 0 Å². The van der Waals surface area contributed by atoms with E-state index in [1.807, 2.05) is 19.1 Å². The highest BCUT2D eigenvalue weighted by Crippen LogP contribution is 2.35. The van der Waals surface area contributed by atoms with E-state index in [1.54, 1.807) is 12.1 Å². The minimum atomic E-state index is -0.607. The largest absolute Gasteiger partial charge is 0.452 e. The highest BCUT2D eigenvalue weighted by molar-refractivity contribution is 9.11. The van der Waals surface area contributed by atoms with Crippen LogP contribution in [0.15, 0.2) is 45.3 Å². The zero-order valence-corrected chi connectivity index (χ0v) is 16.8. The van der Waals surface area contributed by atoms with Crippen LogP contribution in [-0.2, 0) is 16.0 Å². The van der Waals surface area contributed by atoms with Gasteiger partial charge in [0, 0.05) is 21.1 Å². The van der Waals surface area contributed by atoms with E-state index in [0.717, 1.165) is 12.0 Å². The van der Waals surface area contributed by atoms with Crippen molar-refractivity contribution in [1.29, 1.82) is 0 Å². The van der Waals surface area contributed by atoms with Gasteiger partial charge in [-0.1, -0.05) is 19.1 Å². The van der Waals surface area contributed by atoms with Crippen molar-refractivity contribution in [2.75, 3.05) is 11.9 Å². The van der Waals surface area contributed by atoms with E-state index in [-0.39, 0.29) is 5.69 Å². The first-order valence-electron chi connectivity index (χ1n) is 7.51. The van der Waals surface area contributed by atoms with Gasteiger partial charge < -0.3 is 10.1 Å². The second kappa shape index (κ2) is 8.91. The van der Waals surface area contributed by atoms with Gasteiger partial charge in [-0.15, -0.1) is 0 Å². The zero-order chi connectivity index (χ0) is 19.3. The van der Waals surface area contributed by atoms with Gasteiger partial charge in [0.25, 0.3) is 11.6 Å². The Kier molecular flexibility index (Phi) is 6.87. The molecule has 2 aromatic rings. The average molecular weight is 486 g/mol. The van der Waals surface area contributed by atoms with Crippen molar-refractivity contribution < 1.29 is 19.2 Å². The summed E-state index contributed by atoms with van der Waals surface area (Å²) in [6.07, 6.45) is 0.858. The van der Waals surface area contributed by atoms with Crippen LogP contribution in [0, 0.1) is 10.1 Å². The fraction of sp³-hybridized carbons (Fsp3) is 0.176. The molecule has 1 N–H and O–H groups in total. The average Bonchev–Trinajstić information content (AvgIpc) is 2.62. The van der Waals surface area contributed by atoms with E-state index >= 15 is 0 Å². The van der Waals surface area contributed by atoms with Crippen LogP contribution >= 0.6 is 31.9 Å². The number of non-ortho nitro benzene ring substituents is 1. The monoisotopic (exact) mass is 484 g/mol. The van der Waals surface area contributed by atoms with E-state index in [9.17, 15) is 19.7 Å². The van der Waals surface area contributed by atoms with E-state index in [2.05, 4.69) is 37.2 Å². The van der Waals surface area contributed by atoms with Crippen molar-refractivity contribution >= 4 is 55.1 Å². The van der Waals surface area contributed by atoms with E-state index in [4.69, 9.17) is 4.74 Å². The molecular weight excluding hydrogens is 472 g/mol. The minimum Gasteiger partial charge on any atom is -0.452 e. The summed E-state index contributed by atoms with van der Waals surface area (Å²) in [5.41, 5.74) is 1.62. The quantitative estimate of drug-likeness (QED) is 0.369. The Hall–Kier alpha value is -2.26. The zero-order valence-electron chi connectivity index (χ0n) is 13.6. The number of nitrogens with zero attached hydrogens (tertiary/aromatic N) is 1. The third kappa shape index (κ3) is 5.12. The minimum absolute atomic E-state index is 0.135. The molecule has 0 saturated carbocycles. The molecule has 0 atom stereocenters. The van der Waals surface area contributed by atoms with E-state index in [0.29, 0.717) is 20.2 Å². The number of hydrogen-bond donors (Lipinski definition) is 1. The molecule has 0 radical (unpaired) electrons. The first kappa shape index (κ1) is 20.1. The number of nitro groups is 1. The maximum Gasteiger partial charge on any atom is 0.338 e. The number of carbonyl (C=O) groups is 2. The predicted octanol–water partition coefficient (Wildman–Crippen LogP) is 4.48. The summed E-state index contributed by atoms with van der Waals surface area (Å²) < 4.78 is 5.64. The van der Waals surface area contributed by atoms with Crippen molar-refractivity contribution in [3.8, 4) is 0 Å². The molecule has 1 amide bonds. The Balaban J connectivity index is 1.98. The third-order valence-electron chi connectivity index (χ3n) is 3.43. The number of rotatable bonds is 6. The van der Waals surface area contributed by atoms with Crippen LogP contribution in [0.2, 0.25) is 0 Å². The van der Waals surface area contributed by atoms with Gasteiger partial charge in [0.2, 0.25) is 0 Å². The summed E-state index contributed by atoms with van der Waals surface area (Å²) in [5, 5.41) is 13.3. The molecule has 2 aromatic carbocycles. The van der Waals surface area contributed by atoms with Gasteiger partial charge in [-0.3, -0.25) is 14.9 Å². The van der Waals surface area contributed by atoms with Crippen molar-refractivity contribution in [1.82, 2.24) is 0 Å². The highest BCUT2D eigenvalue weighted by atomic mass is 79.9. The van der Waals surface area contributed by atoms with Crippen LogP contribution in [0.4, 0.5) is 11.4 Å². The molecule has 0 aromatic heterocycles. The lowest BCUT2D eigenvalue weighted by atomic mass is 10.1. The lowest BCUT2D eigenvalue weighted by Crippen LogP contribution is -2.21. The predicted molar refractivity (Wildman–Crippen MR) is 103 cm³/mol. The lowest BCUT2D eigenvalue weighted by Gasteiger charge is -2.10. The van der Waals surface area contributed by atoms with Crippen LogP contribution in [0.5, 0.6) is 0 Å². The van der Waals surface area contributed by atoms with Gasteiger partial charge in [0.15, 0.2) is 6.61 Å². The Labute approximate surface area is 166 Å². The summed E-state index contributed by atoms with van der Waals surface area (Å²) in [5.74, 6) is -1.18. The van der Waals surface area contributed by atoms with Crippen LogP contribution < -0.4 is 5.32 Å². The number of nitro benzene ring substituents is 1. The Morgan fingerprint density at radius 2 is 1.73 bits per heavy atom. The topological polar surface area (TPSA) is 98.5 Å². The normalized spacial score (nSPS) is 10.3. The van der Waals surface area contributed by atoms with Gasteiger partial charge in [0.1, 0.15) is 0 Å². The Morgan fingerprint density at radius 3 is 2.23 bits per heavy atom. The number of aryl methyl sites for hydroxylation is 1. The van der Waals surface area contributed by atoms with Crippen molar-refractivity contribution in [2.24, 2.45) is 0 Å². The van der Waals surface area contributed by atoms with Crippen LogP contribution in [-0.4, -0.2) is 23.4 Å². The second-order valence-corrected chi connectivity index (χ2v) is 6.92. The van der Waals surface area contributed by atoms with Gasteiger partial charge in [-0.25, -0.2) is 4.79 Å². The number of halogens is 2. The molecule has 0 spiro atoms. The molecule has 9 heteroatoms. The van der Waals surface area contributed by atoms with Crippen molar-refractivity contribution in [3.63, 3.8) is 0 Å². The second-order valence-electron chi connectivity index (χ2n) is 5.22. The van der Waals surface area contributed by atoms with Crippen LogP contribution in [0.1, 0.15) is 22.8 Å². The number of anilines is 1. The molecule has 0 unspecified atom stereocenters. The van der Waals surface area contributed by atoms with Crippen molar-refractivity contribution in [3.05, 3.63) is 66.6 Å². The molecule has 7 nitrogen and oxygen atoms in total. The molecular formula is C17H14Br2N2O5. The third-order valence-corrected chi connectivity index (χ3v) is 4.69. The van der Waals surface area contributed by atoms with E-state index < -0.39 is 23.4 Å². The molecule has 0 fully saturated rings. The smallest absolute Gasteiger partial charge is 0.338 e. The van der Waals surface area contributed by atoms with Gasteiger partial charge in [-0.05, 0) is 56.0 Å². The first-order chi connectivity index (χ1) is 12.3. The summed E-state index contributed by atoms with van der Waals surface area (Å²) >= 11 is 6.34. The van der Waals surface area contributed by atoms with Crippen LogP contribution in [0.25, 0.3) is 0 Å². The number of hydrogen-bond acceptors (Lipinski definition) is 5. The van der Waals surface area contributed by atoms with Crippen LogP contribution in [0.3, 0.4) is 0 Å². The standard InChI is InChI=1S/C17H14Br2N2O5/c1-2-10-3-5-11(6-4-10)17(23)26-9-15(22)20-16-13(18)7-12(21(24)25)8-14(16)19/h3-8H,2,9H2,1H3,(H,20,22). The number of carbonyl (C=O) groups excluding carboxylic acids is 2. The Bertz CT molecular complexity index is 830. The van der Waals surface area contributed by atoms with Gasteiger partial charge >= 0.3 is 5.97 Å². The fourth-order valence-corrected chi connectivity index (χ4v) is 3.41. The Morgan fingerprint density at radius 1 is 1.15 bits per heavy atom. The molecule has 0 aliphatic rings. The molecule has 0 bridgehead atoms. The maximum absolute atomic E-state index is 12.0.